The van der Waals surface area contributed by atoms with Crippen LogP contribution >= 0.6 is 0 Å². The third-order valence-electron chi connectivity index (χ3n) is 5.17. The van der Waals surface area contributed by atoms with E-state index in [2.05, 4.69) is 15.0 Å². The van der Waals surface area contributed by atoms with Gasteiger partial charge in [-0.3, -0.25) is 4.79 Å². The second-order valence-corrected chi connectivity index (χ2v) is 6.97. The van der Waals surface area contributed by atoms with Crippen molar-refractivity contribution in [1.29, 1.82) is 0 Å². The number of nitrogens with one attached hydrogen (secondary N) is 1. The van der Waals surface area contributed by atoms with E-state index in [1.165, 1.54) is 24.8 Å². The maximum absolute atomic E-state index is 12.5. The predicted octanol–water partition coefficient (Wildman–Crippen LogP) is 3.11. The minimum Gasteiger partial charge on any atom is -0.468 e. The second-order valence-electron chi connectivity index (χ2n) is 6.97. The number of ether oxygens (including phenoxy) is 1. The summed E-state index contributed by atoms with van der Waals surface area (Å²) in [5, 5.41) is 2.80. The highest BCUT2D eigenvalue weighted by Gasteiger charge is 2.40. The number of carbonyl (C=O) groups excluding carboxylic acids is 1. The van der Waals surface area contributed by atoms with Crippen LogP contribution in [0.1, 0.15) is 32.1 Å². The van der Waals surface area contributed by atoms with E-state index in [-0.39, 0.29) is 23.7 Å². The van der Waals surface area contributed by atoms with Crippen LogP contribution in [0.4, 0.5) is 18.9 Å². The molecule has 0 aromatic carbocycles. The largest absolute Gasteiger partial charge is 0.468 e. The van der Waals surface area contributed by atoms with E-state index in [1.54, 1.807) is 0 Å². The molecule has 3 N–H and O–H groups in total. The van der Waals surface area contributed by atoms with E-state index in [4.69, 9.17) is 5.73 Å². The summed E-state index contributed by atoms with van der Waals surface area (Å²) in [6, 6.07) is 3.00. The molecule has 2 unspecified atom stereocenters. The molecular formula is C17H22F3N3O2. The van der Waals surface area contributed by atoms with Gasteiger partial charge in [0.15, 0.2) is 6.61 Å². The molecule has 0 aliphatic heterocycles. The topological polar surface area (TPSA) is 77.2 Å². The van der Waals surface area contributed by atoms with Crippen molar-refractivity contribution in [3.05, 3.63) is 18.3 Å². The molecule has 2 aliphatic carbocycles. The Morgan fingerprint density at radius 2 is 1.96 bits per heavy atom. The Hall–Kier alpha value is -1.83. The molecule has 1 aromatic rings. The Kier molecular flexibility index (Phi) is 5.17. The maximum Gasteiger partial charge on any atom is 0.422 e. The number of amides is 1. The zero-order valence-corrected chi connectivity index (χ0v) is 13.8. The fraction of sp³-hybridized carbons (Fsp3) is 0.647. The van der Waals surface area contributed by atoms with E-state index in [0.29, 0.717) is 17.5 Å². The Bertz CT molecular complexity index is 592. The summed E-state index contributed by atoms with van der Waals surface area (Å²) in [4.78, 5) is 16.3. The predicted molar refractivity (Wildman–Crippen MR) is 85.9 cm³/mol. The van der Waals surface area contributed by atoms with Gasteiger partial charge in [0.2, 0.25) is 11.8 Å². The first kappa shape index (κ1) is 18.0. The van der Waals surface area contributed by atoms with Crippen molar-refractivity contribution in [3.63, 3.8) is 0 Å². The molecule has 1 heterocycles. The Labute approximate surface area is 144 Å². The van der Waals surface area contributed by atoms with Gasteiger partial charge in [-0.05, 0) is 43.6 Å². The van der Waals surface area contributed by atoms with Crippen LogP contribution in [0.2, 0.25) is 0 Å². The summed E-state index contributed by atoms with van der Waals surface area (Å²) in [7, 11) is 0. The lowest BCUT2D eigenvalue weighted by molar-refractivity contribution is -0.154. The Morgan fingerprint density at radius 3 is 2.52 bits per heavy atom. The third-order valence-corrected chi connectivity index (χ3v) is 5.17. The van der Waals surface area contributed by atoms with Crippen molar-refractivity contribution in [2.24, 2.45) is 23.5 Å². The van der Waals surface area contributed by atoms with Crippen LogP contribution in [0.3, 0.4) is 0 Å². The van der Waals surface area contributed by atoms with E-state index in [0.717, 1.165) is 25.7 Å². The molecule has 25 heavy (non-hydrogen) atoms. The van der Waals surface area contributed by atoms with Crippen molar-refractivity contribution in [3.8, 4) is 5.88 Å². The molecule has 2 aliphatic rings. The summed E-state index contributed by atoms with van der Waals surface area (Å²) in [5.74, 6) is 0.526. The molecule has 0 saturated heterocycles. The molecule has 138 valence electrons. The zero-order chi connectivity index (χ0) is 18.0. The highest BCUT2D eigenvalue weighted by atomic mass is 19.4. The van der Waals surface area contributed by atoms with Gasteiger partial charge in [0, 0.05) is 18.0 Å². The number of carbonyl (C=O) groups is 1. The van der Waals surface area contributed by atoms with Crippen LogP contribution in [0.5, 0.6) is 5.88 Å². The molecule has 2 saturated carbocycles. The fourth-order valence-electron chi connectivity index (χ4n) is 3.94. The SMILES string of the molecule is NC1C2CCCC1CC(C(=O)Nc1ccc(OCC(F)(F)F)nc1)C2. The molecule has 1 aromatic heterocycles. The lowest BCUT2D eigenvalue weighted by atomic mass is 9.65. The fourth-order valence-corrected chi connectivity index (χ4v) is 3.94. The van der Waals surface area contributed by atoms with E-state index < -0.39 is 12.8 Å². The van der Waals surface area contributed by atoms with Crippen molar-refractivity contribution in [2.75, 3.05) is 11.9 Å². The van der Waals surface area contributed by atoms with E-state index >= 15 is 0 Å². The third kappa shape index (κ3) is 4.62. The number of hydrogen-bond donors (Lipinski definition) is 2. The number of aromatic nitrogens is 1. The molecule has 5 nitrogen and oxygen atoms in total. The summed E-state index contributed by atoms with van der Waals surface area (Å²) < 4.78 is 40.9. The molecule has 2 bridgehead atoms. The average molecular weight is 357 g/mol. The molecule has 0 radical (unpaired) electrons. The van der Waals surface area contributed by atoms with Crippen LogP contribution in [0.15, 0.2) is 18.3 Å². The van der Waals surface area contributed by atoms with Gasteiger partial charge < -0.3 is 15.8 Å². The number of fused-ring (bicyclic) bond motifs is 2. The number of rotatable bonds is 4. The summed E-state index contributed by atoms with van der Waals surface area (Å²) in [6.45, 7) is -1.39. The number of hydrogen-bond acceptors (Lipinski definition) is 4. The van der Waals surface area contributed by atoms with Crippen LogP contribution in [-0.2, 0) is 4.79 Å². The molecule has 2 atom stereocenters. The van der Waals surface area contributed by atoms with Gasteiger partial charge in [0.1, 0.15) is 0 Å². The lowest BCUT2D eigenvalue weighted by Crippen LogP contribution is -2.48. The first-order chi connectivity index (χ1) is 11.8. The molecule has 3 rings (SSSR count). The zero-order valence-electron chi connectivity index (χ0n) is 13.8. The smallest absolute Gasteiger partial charge is 0.422 e. The Balaban J connectivity index is 1.54. The molecule has 1 amide bonds. The first-order valence-corrected chi connectivity index (χ1v) is 8.54. The normalized spacial score (nSPS) is 29.1. The minimum atomic E-state index is -4.41. The van der Waals surface area contributed by atoms with E-state index in [9.17, 15) is 18.0 Å². The van der Waals surface area contributed by atoms with Crippen LogP contribution in [0.25, 0.3) is 0 Å². The van der Waals surface area contributed by atoms with Gasteiger partial charge in [0.05, 0.1) is 11.9 Å². The van der Waals surface area contributed by atoms with Gasteiger partial charge in [0.25, 0.3) is 0 Å². The van der Waals surface area contributed by atoms with Crippen molar-refractivity contribution < 1.29 is 22.7 Å². The number of anilines is 1. The average Bonchev–Trinajstić information content (AvgIpc) is 2.53. The van der Waals surface area contributed by atoms with Crippen molar-refractivity contribution >= 4 is 11.6 Å². The summed E-state index contributed by atoms with van der Waals surface area (Å²) >= 11 is 0. The quantitative estimate of drug-likeness (QED) is 0.868. The maximum atomic E-state index is 12.5. The molecule has 0 spiro atoms. The van der Waals surface area contributed by atoms with E-state index in [1.807, 2.05) is 0 Å². The summed E-state index contributed by atoms with van der Waals surface area (Å²) in [5.41, 5.74) is 6.69. The van der Waals surface area contributed by atoms with Crippen LogP contribution < -0.4 is 15.8 Å². The van der Waals surface area contributed by atoms with Gasteiger partial charge in [-0.1, -0.05) is 6.42 Å². The number of nitrogens with zero attached hydrogens (tertiary/aromatic N) is 1. The van der Waals surface area contributed by atoms with Gasteiger partial charge >= 0.3 is 6.18 Å². The number of nitrogens with two attached hydrogens (primary N) is 1. The highest BCUT2D eigenvalue weighted by molar-refractivity contribution is 5.92. The van der Waals surface area contributed by atoms with Crippen LogP contribution in [0, 0.1) is 17.8 Å². The highest BCUT2D eigenvalue weighted by Crippen LogP contribution is 2.42. The Morgan fingerprint density at radius 1 is 1.28 bits per heavy atom. The second kappa shape index (κ2) is 7.19. The monoisotopic (exact) mass is 357 g/mol. The van der Waals surface area contributed by atoms with Gasteiger partial charge in [-0.15, -0.1) is 0 Å². The summed E-state index contributed by atoms with van der Waals surface area (Å²) in [6.07, 6.45) is 1.82. The number of halogens is 3. The number of alkyl halides is 3. The number of pyridine rings is 1. The standard InChI is InChI=1S/C17H22F3N3O2/c18-17(19,20)9-25-14-5-4-13(8-22-14)23-16(24)12-6-10-2-1-3-11(7-12)15(10)21/h4-5,8,10-12,15H,1-3,6-7,9,21H2,(H,23,24). The molecular weight excluding hydrogens is 335 g/mol. The van der Waals surface area contributed by atoms with Gasteiger partial charge in [-0.2, -0.15) is 13.2 Å². The van der Waals surface area contributed by atoms with Crippen molar-refractivity contribution in [2.45, 2.75) is 44.3 Å². The molecule has 2 fully saturated rings. The van der Waals surface area contributed by atoms with Crippen LogP contribution in [-0.4, -0.2) is 29.7 Å². The van der Waals surface area contributed by atoms with Crippen molar-refractivity contribution in [1.82, 2.24) is 4.98 Å². The minimum absolute atomic E-state index is 0.0729. The lowest BCUT2D eigenvalue weighted by Gasteiger charge is -2.43. The van der Waals surface area contributed by atoms with Gasteiger partial charge in [-0.25, -0.2) is 4.98 Å². The first-order valence-electron chi connectivity index (χ1n) is 8.54. The molecule has 8 heteroatoms.